The molecule has 3 rings (SSSR count). The zero-order valence-corrected chi connectivity index (χ0v) is 11.5. The molecule has 0 saturated heterocycles. The summed E-state index contributed by atoms with van der Waals surface area (Å²) in [5.74, 6) is 0.690. The minimum atomic E-state index is -1.16. The average molecular weight is 303 g/mol. The Labute approximate surface area is 124 Å². The summed E-state index contributed by atoms with van der Waals surface area (Å²) in [6.45, 7) is 0. The van der Waals surface area contributed by atoms with Gasteiger partial charge in [-0.3, -0.25) is 0 Å². The van der Waals surface area contributed by atoms with Gasteiger partial charge in [-0.2, -0.15) is 0 Å². The van der Waals surface area contributed by atoms with Crippen LogP contribution in [0.3, 0.4) is 0 Å². The average Bonchev–Trinajstić information content (AvgIpc) is 2.62. The first kappa shape index (κ1) is 13.4. The van der Waals surface area contributed by atoms with E-state index < -0.39 is 12.3 Å². The van der Waals surface area contributed by atoms with Crippen LogP contribution in [-0.2, 0) is 10.5 Å². The summed E-state index contributed by atoms with van der Waals surface area (Å²) < 4.78 is 13.7. The van der Waals surface area contributed by atoms with Crippen molar-refractivity contribution < 1.29 is 23.8 Å². The molecule has 106 valence electrons. The maximum absolute atomic E-state index is 11.2. The van der Waals surface area contributed by atoms with Gasteiger partial charge in [0.25, 0.3) is 5.88 Å². The molecule has 0 spiro atoms. The Morgan fingerprint density at radius 2 is 1.67 bits per heavy atom. The first-order valence-corrected chi connectivity index (χ1v) is 6.98. The molecule has 0 fully saturated rings. The zero-order valence-electron chi connectivity index (χ0n) is 10.6. The highest BCUT2D eigenvalue weighted by molar-refractivity contribution is 7.98. The van der Waals surface area contributed by atoms with E-state index in [2.05, 4.69) is 9.72 Å². The van der Waals surface area contributed by atoms with Crippen molar-refractivity contribution in [2.24, 2.45) is 0 Å². The minimum absolute atomic E-state index is 0.0508. The van der Waals surface area contributed by atoms with Crippen molar-refractivity contribution in [3.63, 3.8) is 0 Å². The van der Waals surface area contributed by atoms with E-state index in [1.165, 1.54) is 17.8 Å². The fourth-order valence-electron chi connectivity index (χ4n) is 1.65. The third-order valence-electron chi connectivity index (χ3n) is 2.57. The van der Waals surface area contributed by atoms with E-state index in [4.69, 9.17) is 9.47 Å². The Morgan fingerprint density at radius 3 is 2.48 bits per heavy atom. The Bertz CT molecular complexity index is 689. The van der Waals surface area contributed by atoms with Gasteiger partial charge in [-0.25, -0.2) is 14.6 Å². The number of ether oxygens (including phenoxy) is 3. The minimum Gasteiger partial charge on any atom is -0.389 e. The van der Waals surface area contributed by atoms with Crippen LogP contribution in [0.15, 0.2) is 47.5 Å². The van der Waals surface area contributed by atoms with Crippen molar-refractivity contribution in [2.45, 2.75) is 10.8 Å². The van der Waals surface area contributed by atoms with Crippen LogP contribution in [0.25, 0.3) is 0 Å². The molecular formula is C14H9NO5S. The molecule has 6 nitrogen and oxygen atoms in total. The normalized spacial score (nSPS) is 13.5. The van der Waals surface area contributed by atoms with Gasteiger partial charge in [-0.15, -0.1) is 11.8 Å². The van der Waals surface area contributed by atoms with E-state index in [-0.39, 0.29) is 11.6 Å². The Kier molecular flexibility index (Phi) is 3.74. The van der Waals surface area contributed by atoms with Crippen LogP contribution in [0, 0.1) is 0 Å². The highest BCUT2D eigenvalue weighted by atomic mass is 32.2. The fraction of sp³-hybridized carbons (Fsp3) is 0.0714. The molecule has 1 aromatic heterocycles. The van der Waals surface area contributed by atoms with E-state index in [0.717, 1.165) is 11.3 Å². The SMILES string of the molecule is O=C1OC(=O)Oc2nc(SCc3ccccc3)ccc2O1. The first-order chi connectivity index (χ1) is 10.2. The van der Waals surface area contributed by atoms with Crippen LogP contribution in [0.5, 0.6) is 11.6 Å². The van der Waals surface area contributed by atoms with Crippen LogP contribution in [0.4, 0.5) is 9.59 Å². The second-order valence-corrected chi connectivity index (χ2v) is 5.03. The number of pyridine rings is 1. The Morgan fingerprint density at radius 1 is 0.905 bits per heavy atom. The number of carbonyl (C=O) groups is 2. The Balaban J connectivity index is 1.76. The zero-order chi connectivity index (χ0) is 14.7. The number of hydrogen-bond donors (Lipinski definition) is 0. The topological polar surface area (TPSA) is 74.7 Å². The number of carbonyl (C=O) groups excluding carboxylic acids is 2. The molecule has 0 N–H and O–H groups in total. The molecule has 2 heterocycles. The lowest BCUT2D eigenvalue weighted by atomic mass is 10.2. The van der Waals surface area contributed by atoms with Gasteiger partial charge in [-0.1, -0.05) is 30.3 Å². The molecule has 0 amide bonds. The number of cyclic esters (lactones) is 2. The van der Waals surface area contributed by atoms with Gasteiger partial charge in [0.15, 0.2) is 5.75 Å². The maximum atomic E-state index is 11.2. The van der Waals surface area contributed by atoms with Crippen molar-refractivity contribution in [3.05, 3.63) is 48.0 Å². The van der Waals surface area contributed by atoms with E-state index in [9.17, 15) is 9.59 Å². The number of aromatic nitrogens is 1. The maximum Gasteiger partial charge on any atom is 0.525 e. The smallest absolute Gasteiger partial charge is 0.389 e. The molecular weight excluding hydrogens is 294 g/mol. The lowest BCUT2D eigenvalue weighted by Crippen LogP contribution is -2.14. The van der Waals surface area contributed by atoms with Gasteiger partial charge in [-0.05, 0) is 17.7 Å². The van der Waals surface area contributed by atoms with Crippen LogP contribution in [0.1, 0.15) is 5.56 Å². The second-order valence-electron chi connectivity index (χ2n) is 4.03. The standard InChI is InChI=1S/C14H9NO5S/c16-13-18-10-6-7-11(15-12(10)19-14(17)20-13)21-8-9-4-2-1-3-5-9/h1-7H,8H2. The van der Waals surface area contributed by atoms with E-state index >= 15 is 0 Å². The van der Waals surface area contributed by atoms with Gasteiger partial charge >= 0.3 is 12.3 Å². The summed E-state index contributed by atoms with van der Waals surface area (Å²) in [6.07, 6.45) is -2.29. The summed E-state index contributed by atoms with van der Waals surface area (Å²) in [6, 6.07) is 13.1. The molecule has 1 aliphatic rings. The lowest BCUT2D eigenvalue weighted by molar-refractivity contribution is 0.0993. The summed E-state index contributed by atoms with van der Waals surface area (Å²) >= 11 is 1.47. The van der Waals surface area contributed by atoms with E-state index in [0.29, 0.717) is 5.03 Å². The quantitative estimate of drug-likeness (QED) is 0.488. The van der Waals surface area contributed by atoms with Gasteiger partial charge in [0.2, 0.25) is 0 Å². The number of rotatable bonds is 3. The van der Waals surface area contributed by atoms with E-state index in [1.807, 2.05) is 30.3 Å². The van der Waals surface area contributed by atoms with Crippen LogP contribution in [0.2, 0.25) is 0 Å². The monoisotopic (exact) mass is 303 g/mol. The Hall–Kier alpha value is -2.54. The summed E-state index contributed by atoms with van der Waals surface area (Å²) in [4.78, 5) is 26.4. The highest BCUT2D eigenvalue weighted by Gasteiger charge is 2.25. The molecule has 0 unspecified atom stereocenters. The summed E-state index contributed by atoms with van der Waals surface area (Å²) in [5, 5.41) is 0.642. The van der Waals surface area contributed by atoms with Crippen LogP contribution in [-0.4, -0.2) is 17.3 Å². The largest absolute Gasteiger partial charge is 0.525 e. The van der Waals surface area contributed by atoms with Gasteiger partial charge in [0.05, 0.1) is 0 Å². The number of nitrogens with zero attached hydrogens (tertiary/aromatic N) is 1. The van der Waals surface area contributed by atoms with Crippen molar-refractivity contribution in [3.8, 4) is 11.6 Å². The third kappa shape index (κ3) is 3.32. The van der Waals surface area contributed by atoms with Crippen molar-refractivity contribution in [1.29, 1.82) is 0 Å². The van der Waals surface area contributed by atoms with Gasteiger partial charge < -0.3 is 14.2 Å². The molecule has 2 aromatic rings. The lowest BCUT2D eigenvalue weighted by Gasteiger charge is -2.05. The predicted molar refractivity (Wildman–Crippen MR) is 73.4 cm³/mol. The first-order valence-electron chi connectivity index (χ1n) is 6.00. The highest BCUT2D eigenvalue weighted by Crippen LogP contribution is 2.31. The molecule has 1 aliphatic heterocycles. The molecule has 1 aromatic carbocycles. The second kappa shape index (κ2) is 5.84. The molecule has 7 heteroatoms. The third-order valence-corrected chi connectivity index (χ3v) is 3.57. The van der Waals surface area contributed by atoms with Gasteiger partial charge in [0.1, 0.15) is 5.03 Å². The molecule has 0 saturated carbocycles. The van der Waals surface area contributed by atoms with Gasteiger partial charge in [0, 0.05) is 5.75 Å². The summed E-state index contributed by atoms with van der Waals surface area (Å²) in [7, 11) is 0. The molecule has 0 bridgehead atoms. The van der Waals surface area contributed by atoms with Crippen molar-refractivity contribution in [2.75, 3.05) is 0 Å². The molecule has 0 radical (unpaired) electrons. The number of benzene rings is 1. The fourth-order valence-corrected chi connectivity index (χ4v) is 2.47. The van der Waals surface area contributed by atoms with E-state index in [1.54, 1.807) is 6.07 Å². The number of fused-ring (bicyclic) bond motifs is 1. The molecule has 0 atom stereocenters. The number of thioether (sulfide) groups is 1. The van der Waals surface area contributed by atoms with Crippen molar-refractivity contribution in [1.82, 2.24) is 4.98 Å². The summed E-state index contributed by atoms with van der Waals surface area (Å²) in [5.41, 5.74) is 1.14. The molecule has 21 heavy (non-hydrogen) atoms. The van der Waals surface area contributed by atoms with Crippen molar-refractivity contribution >= 4 is 24.1 Å². The molecule has 0 aliphatic carbocycles. The number of hydrogen-bond acceptors (Lipinski definition) is 7. The predicted octanol–water partition coefficient (Wildman–Crippen LogP) is 3.40. The van der Waals surface area contributed by atoms with Crippen LogP contribution >= 0.6 is 11.8 Å². The van der Waals surface area contributed by atoms with Crippen LogP contribution < -0.4 is 9.47 Å².